The topological polar surface area (TPSA) is 102 Å². The molecule has 0 spiro atoms. The molecule has 3 heterocycles. The maximum atomic E-state index is 12.0. The molecular formula is C18H20N6O2S. The molecule has 3 aromatic rings. The van der Waals surface area contributed by atoms with Crippen molar-refractivity contribution in [2.45, 2.75) is 26.3 Å². The van der Waals surface area contributed by atoms with Crippen LogP contribution in [0.2, 0.25) is 0 Å². The molecule has 0 fully saturated rings. The predicted molar refractivity (Wildman–Crippen MR) is 104 cm³/mol. The van der Waals surface area contributed by atoms with E-state index in [2.05, 4.69) is 25.7 Å². The number of aryl methyl sites for hydroxylation is 2. The van der Waals surface area contributed by atoms with Crippen LogP contribution in [-0.4, -0.2) is 32.2 Å². The van der Waals surface area contributed by atoms with Crippen molar-refractivity contribution in [1.82, 2.24) is 25.1 Å². The summed E-state index contributed by atoms with van der Waals surface area (Å²) in [6.45, 7) is 2.94. The summed E-state index contributed by atoms with van der Waals surface area (Å²) in [5.74, 6) is 0.624. The van der Waals surface area contributed by atoms with Gasteiger partial charge in [0, 0.05) is 36.9 Å². The predicted octanol–water partition coefficient (Wildman–Crippen LogP) is 1.90. The molecule has 9 heteroatoms. The maximum Gasteiger partial charge on any atom is 0.266 e. The average molecular weight is 384 g/mol. The minimum absolute atomic E-state index is 0.103. The van der Waals surface area contributed by atoms with Gasteiger partial charge in [-0.2, -0.15) is 5.10 Å². The first kappa shape index (κ1) is 18.7. The summed E-state index contributed by atoms with van der Waals surface area (Å²) in [6, 6.07) is 6.92. The number of thiazole rings is 1. The van der Waals surface area contributed by atoms with Crippen molar-refractivity contribution in [2.75, 3.05) is 11.9 Å². The van der Waals surface area contributed by atoms with E-state index < -0.39 is 0 Å². The van der Waals surface area contributed by atoms with E-state index in [0.717, 1.165) is 11.4 Å². The molecule has 27 heavy (non-hydrogen) atoms. The summed E-state index contributed by atoms with van der Waals surface area (Å²) in [5.41, 5.74) is 1.67. The second-order valence-electron chi connectivity index (χ2n) is 5.95. The van der Waals surface area contributed by atoms with Crippen LogP contribution in [0.4, 0.5) is 10.9 Å². The molecule has 3 aromatic heterocycles. The molecule has 0 radical (unpaired) electrons. The van der Waals surface area contributed by atoms with Gasteiger partial charge in [-0.25, -0.2) is 14.6 Å². The van der Waals surface area contributed by atoms with Gasteiger partial charge in [0.2, 0.25) is 5.91 Å². The van der Waals surface area contributed by atoms with Crippen molar-refractivity contribution in [3.05, 3.63) is 63.7 Å². The number of rotatable bonds is 8. The lowest BCUT2D eigenvalue weighted by molar-refractivity contribution is -0.120. The van der Waals surface area contributed by atoms with E-state index in [1.165, 1.54) is 22.1 Å². The van der Waals surface area contributed by atoms with Crippen LogP contribution in [0.25, 0.3) is 0 Å². The van der Waals surface area contributed by atoms with Crippen molar-refractivity contribution in [1.29, 1.82) is 0 Å². The fourth-order valence-electron chi connectivity index (χ4n) is 2.40. The lowest BCUT2D eigenvalue weighted by Gasteiger charge is -2.05. The van der Waals surface area contributed by atoms with Crippen LogP contribution >= 0.6 is 11.3 Å². The molecule has 1 amide bonds. The van der Waals surface area contributed by atoms with E-state index in [9.17, 15) is 9.59 Å². The Labute approximate surface area is 160 Å². The lowest BCUT2D eigenvalue weighted by Crippen LogP contribution is -2.28. The molecule has 0 saturated heterocycles. The summed E-state index contributed by atoms with van der Waals surface area (Å²) >= 11 is 1.43. The van der Waals surface area contributed by atoms with Crippen LogP contribution in [0, 0.1) is 6.92 Å². The van der Waals surface area contributed by atoms with E-state index >= 15 is 0 Å². The zero-order chi connectivity index (χ0) is 19.1. The lowest BCUT2D eigenvalue weighted by atomic mass is 10.3. The highest BCUT2D eigenvalue weighted by Crippen LogP contribution is 2.20. The highest BCUT2D eigenvalue weighted by atomic mass is 32.1. The molecule has 0 aliphatic carbocycles. The maximum absolute atomic E-state index is 12.0. The summed E-state index contributed by atoms with van der Waals surface area (Å²) < 4.78 is 1.38. The summed E-state index contributed by atoms with van der Waals surface area (Å²) in [6.07, 6.45) is 4.15. The van der Waals surface area contributed by atoms with Crippen molar-refractivity contribution >= 4 is 28.2 Å². The second kappa shape index (κ2) is 9.04. The van der Waals surface area contributed by atoms with Crippen molar-refractivity contribution in [2.24, 2.45) is 0 Å². The van der Waals surface area contributed by atoms with Crippen LogP contribution in [0.3, 0.4) is 0 Å². The molecule has 8 nitrogen and oxygen atoms in total. The Hall–Kier alpha value is -3.07. The van der Waals surface area contributed by atoms with E-state index in [0.29, 0.717) is 30.3 Å². The standard InChI is InChI=1S/C18H20N6O2S/c1-13-5-8-19-15(10-13)23-18-22-14(12-27-18)11-16(25)20-6-3-9-24-17(26)4-2-7-21-24/h2,4-5,7-8,10,12H,3,6,9,11H2,1H3,(H,20,25)(H,19,22,23). The number of pyridine rings is 1. The fraction of sp³-hybridized carbons (Fsp3) is 0.278. The Morgan fingerprint density at radius 3 is 3.00 bits per heavy atom. The molecule has 0 aliphatic rings. The molecule has 0 bridgehead atoms. The normalized spacial score (nSPS) is 10.6. The fourth-order valence-corrected chi connectivity index (χ4v) is 3.12. The Kier molecular flexibility index (Phi) is 6.26. The number of hydrogen-bond donors (Lipinski definition) is 2. The van der Waals surface area contributed by atoms with Gasteiger partial charge in [0.1, 0.15) is 5.82 Å². The minimum atomic E-state index is -0.144. The Morgan fingerprint density at radius 2 is 2.19 bits per heavy atom. The first-order valence-corrected chi connectivity index (χ1v) is 9.41. The van der Waals surface area contributed by atoms with E-state index in [4.69, 9.17) is 0 Å². The second-order valence-corrected chi connectivity index (χ2v) is 6.81. The van der Waals surface area contributed by atoms with Gasteiger partial charge >= 0.3 is 0 Å². The third kappa shape index (κ3) is 5.71. The van der Waals surface area contributed by atoms with Crippen molar-refractivity contribution < 1.29 is 4.79 Å². The molecule has 2 N–H and O–H groups in total. The minimum Gasteiger partial charge on any atom is -0.356 e. The SMILES string of the molecule is Cc1ccnc(Nc2nc(CC(=O)NCCCn3ncccc3=O)cs2)c1. The monoisotopic (exact) mass is 384 g/mol. The summed E-state index contributed by atoms with van der Waals surface area (Å²) in [7, 11) is 0. The van der Waals surface area contributed by atoms with Crippen LogP contribution in [0.1, 0.15) is 17.7 Å². The third-order valence-corrected chi connectivity index (χ3v) is 4.50. The van der Waals surface area contributed by atoms with Crippen molar-refractivity contribution in [3.8, 4) is 0 Å². The Morgan fingerprint density at radius 1 is 1.30 bits per heavy atom. The molecule has 0 unspecified atom stereocenters. The van der Waals surface area contributed by atoms with E-state index in [1.54, 1.807) is 18.5 Å². The van der Waals surface area contributed by atoms with E-state index in [1.807, 2.05) is 24.4 Å². The van der Waals surface area contributed by atoms with Gasteiger partial charge in [-0.15, -0.1) is 11.3 Å². The average Bonchev–Trinajstić information content (AvgIpc) is 3.07. The largest absolute Gasteiger partial charge is 0.356 e. The van der Waals surface area contributed by atoms with Crippen molar-refractivity contribution in [3.63, 3.8) is 0 Å². The Balaban J connectivity index is 1.42. The number of anilines is 2. The number of aromatic nitrogens is 4. The molecule has 140 valence electrons. The first-order valence-electron chi connectivity index (χ1n) is 8.53. The first-order chi connectivity index (χ1) is 13.1. The molecule has 0 aromatic carbocycles. The highest BCUT2D eigenvalue weighted by molar-refractivity contribution is 7.13. The van der Waals surface area contributed by atoms with E-state index in [-0.39, 0.29) is 17.9 Å². The van der Waals surface area contributed by atoms with Crippen LogP contribution in [0.15, 0.2) is 46.8 Å². The van der Waals surface area contributed by atoms with Crippen LogP contribution in [-0.2, 0) is 17.8 Å². The summed E-state index contributed by atoms with van der Waals surface area (Å²) in [5, 5.41) is 12.5. The Bertz CT molecular complexity index is 968. The van der Waals surface area contributed by atoms with Gasteiger partial charge < -0.3 is 10.6 Å². The molecule has 0 aliphatic heterocycles. The number of carbonyl (C=O) groups is 1. The number of hydrogen-bond acceptors (Lipinski definition) is 7. The third-order valence-electron chi connectivity index (χ3n) is 3.70. The highest BCUT2D eigenvalue weighted by Gasteiger charge is 2.08. The molecule has 0 atom stereocenters. The molecule has 0 saturated carbocycles. The molecule has 3 rings (SSSR count). The smallest absolute Gasteiger partial charge is 0.266 e. The van der Waals surface area contributed by atoms with Crippen LogP contribution < -0.4 is 16.2 Å². The van der Waals surface area contributed by atoms with Gasteiger partial charge in [-0.1, -0.05) is 0 Å². The quantitative estimate of drug-likeness (QED) is 0.575. The van der Waals surface area contributed by atoms with Gasteiger partial charge in [-0.3, -0.25) is 9.59 Å². The summed E-state index contributed by atoms with van der Waals surface area (Å²) in [4.78, 5) is 32.2. The number of nitrogens with zero attached hydrogens (tertiary/aromatic N) is 4. The van der Waals surface area contributed by atoms with Gasteiger partial charge in [0.05, 0.1) is 12.1 Å². The zero-order valence-corrected chi connectivity index (χ0v) is 15.7. The number of carbonyl (C=O) groups excluding carboxylic acids is 1. The number of amides is 1. The molecular weight excluding hydrogens is 364 g/mol. The van der Waals surface area contributed by atoms with Gasteiger partial charge in [-0.05, 0) is 37.1 Å². The zero-order valence-electron chi connectivity index (χ0n) is 14.9. The van der Waals surface area contributed by atoms with Gasteiger partial charge in [0.15, 0.2) is 5.13 Å². The number of nitrogens with one attached hydrogen (secondary N) is 2. The van der Waals surface area contributed by atoms with Gasteiger partial charge in [0.25, 0.3) is 5.56 Å². The van der Waals surface area contributed by atoms with Crippen LogP contribution in [0.5, 0.6) is 0 Å².